The SMILES string of the molecule is Cn1ncc(N2CCN(Cc3cc(C4CC4)on3)CC2)c(Cl)c1=O. The number of rotatable bonds is 4. The summed E-state index contributed by atoms with van der Waals surface area (Å²) in [6.07, 6.45) is 4.11. The van der Waals surface area contributed by atoms with Crippen molar-refractivity contribution < 1.29 is 4.52 Å². The van der Waals surface area contributed by atoms with Crippen LogP contribution in [0.1, 0.15) is 30.2 Å². The first-order chi connectivity index (χ1) is 11.6. The molecule has 0 unspecified atom stereocenters. The van der Waals surface area contributed by atoms with Crippen molar-refractivity contribution in [1.29, 1.82) is 0 Å². The first-order valence-corrected chi connectivity index (χ1v) is 8.64. The van der Waals surface area contributed by atoms with E-state index in [1.807, 2.05) is 0 Å². The highest BCUT2D eigenvalue weighted by Crippen LogP contribution is 2.40. The van der Waals surface area contributed by atoms with Gasteiger partial charge in [-0.2, -0.15) is 5.10 Å². The highest BCUT2D eigenvalue weighted by atomic mass is 35.5. The van der Waals surface area contributed by atoms with Crippen molar-refractivity contribution >= 4 is 17.3 Å². The van der Waals surface area contributed by atoms with E-state index < -0.39 is 0 Å². The summed E-state index contributed by atoms with van der Waals surface area (Å²) in [5.41, 5.74) is 1.46. The highest BCUT2D eigenvalue weighted by molar-refractivity contribution is 6.33. The van der Waals surface area contributed by atoms with Crippen molar-refractivity contribution in [2.45, 2.75) is 25.3 Å². The molecular weight excluding hydrogens is 330 g/mol. The summed E-state index contributed by atoms with van der Waals surface area (Å²) in [5, 5.41) is 8.49. The van der Waals surface area contributed by atoms with Crippen LogP contribution < -0.4 is 10.5 Å². The van der Waals surface area contributed by atoms with Gasteiger partial charge in [-0.3, -0.25) is 9.69 Å². The quantitative estimate of drug-likeness (QED) is 0.835. The fraction of sp³-hybridized carbons (Fsp3) is 0.562. The molecule has 3 heterocycles. The molecule has 7 nitrogen and oxygen atoms in total. The molecule has 128 valence electrons. The predicted octanol–water partition coefficient (Wildman–Crippen LogP) is 1.62. The fourth-order valence-electron chi connectivity index (χ4n) is 3.06. The Bertz CT molecular complexity index is 790. The van der Waals surface area contributed by atoms with Crippen LogP contribution in [0, 0.1) is 0 Å². The van der Waals surface area contributed by atoms with Crippen LogP contribution in [0.4, 0.5) is 5.69 Å². The van der Waals surface area contributed by atoms with Crippen molar-refractivity contribution in [1.82, 2.24) is 19.8 Å². The first kappa shape index (κ1) is 15.7. The zero-order valence-corrected chi connectivity index (χ0v) is 14.4. The summed E-state index contributed by atoms with van der Waals surface area (Å²) in [7, 11) is 1.60. The molecule has 0 N–H and O–H groups in total. The largest absolute Gasteiger partial charge is 0.366 e. The van der Waals surface area contributed by atoms with Gasteiger partial charge in [0, 0.05) is 51.8 Å². The van der Waals surface area contributed by atoms with E-state index in [9.17, 15) is 4.79 Å². The molecule has 1 saturated carbocycles. The Hall–Kier alpha value is -1.86. The summed E-state index contributed by atoms with van der Waals surface area (Å²) in [6.45, 7) is 4.19. The molecule has 24 heavy (non-hydrogen) atoms. The lowest BCUT2D eigenvalue weighted by Gasteiger charge is -2.35. The molecule has 0 spiro atoms. The van der Waals surface area contributed by atoms with E-state index in [-0.39, 0.29) is 10.6 Å². The maximum absolute atomic E-state index is 11.9. The summed E-state index contributed by atoms with van der Waals surface area (Å²) in [6, 6.07) is 2.09. The van der Waals surface area contributed by atoms with Gasteiger partial charge in [0.15, 0.2) is 0 Å². The van der Waals surface area contributed by atoms with Crippen LogP contribution in [0.15, 0.2) is 21.6 Å². The molecule has 0 bridgehead atoms. The third kappa shape index (κ3) is 3.06. The zero-order valence-electron chi connectivity index (χ0n) is 13.6. The Morgan fingerprint density at radius 2 is 2.04 bits per heavy atom. The second-order valence-corrected chi connectivity index (χ2v) is 6.91. The van der Waals surface area contributed by atoms with Crippen molar-refractivity contribution in [2.75, 3.05) is 31.1 Å². The average molecular weight is 350 g/mol. The predicted molar refractivity (Wildman–Crippen MR) is 90.5 cm³/mol. The molecule has 1 aliphatic carbocycles. The number of aromatic nitrogens is 3. The van der Waals surface area contributed by atoms with Crippen molar-refractivity contribution in [3.63, 3.8) is 0 Å². The second kappa shape index (κ2) is 6.22. The highest BCUT2D eigenvalue weighted by Gasteiger charge is 2.28. The number of nitrogens with zero attached hydrogens (tertiary/aromatic N) is 5. The van der Waals surface area contributed by atoms with Gasteiger partial charge in [0.1, 0.15) is 10.8 Å². The van der Waals surface area contributed by atoms with Gasteiger partial charge in [0.2, 0.25) is 0 Å². The number of hydrogen-bond acceptors (Lipinski definition) is 6. The van der Waals surface area contributed by atoms with Crippen molar-refractivity contribution in [2.24, 2.45) is 7.05 Å². The third-order valence-corrected chi connectivity index (χ3v) is 5.07. The molecule has 8 heteroatoms. The molecule has 4 rings (SSSR count). The molecule has 1 saturated heterocycles. The lowest BCUT2D eigenvalue weighted by molar-refractivity contribution is 0.241. The van der Waals surface area contributed by atoms with Crippen LogP contribution in [0.25, 0.3) is 0 Å². The Morgan fingerprint density at radius 3 is 2.75 bits per heavy atom. The van der Waals surface area contributed by atoms with Crippen LogP contribution in [0.3, 0.4) is 0 Å². The molecule has 2 fully saturated rings. The fourth-order valence-corrected chi connectivity index (χ4v) is 3.35. The minimum atomic E-state index is -0.258. The standard InChI is InChI=1S/C16H20ClN5O2/c1-20-16(23)15(17)13(9-18-20)22-6-4-21(5-7-22)10-12-8-14(24-19-12)11-2-3-11/h8-9,11H,2-7,10H2,1H3. The number of anilines is 1. The molecule has 2 aromatic rings. The molecule has 2 aromatic heterocycles. The molecular formula is C16H20ClN5O2. The lowest BCUT2D eigenvalue weighted by atomic mass is 10.2. The van der Waals surface area contributed by atoms with Gasteiger partial charge in [0.05, 0.1) is 17.6 Å². The Balaban J connectivity index is 1.37. The summed E-state index contributed by atoms with van der Waals surface area (Å²) < 4.78 is 6.66. The Labute approximate surface area is 144 Å². The van der Waals surface area contributed by atoms with Gasteiger partial charge < -0.3 is 9.42 Å². The number of hydrogen-bond donors (Lipinski definition) is 0. The van der Waals surface area contributed by atoms with Gasteiger partial charge in [-0.25, -0.2) is 4.68 Å². The summed E-state index contributed by atoms with van der Waals surface area (Å²) >= 11 is 6.19. The van der Waals surface area contributed by atoms with Gasteiger partial charge in [-0.1, -0.05) is 16.8 Å². The van der Waals surface area contributed by atoms with E-state index in [1.54, 1.807) is 13.2 Å². The zero-order chi connectivity index (χ0) is 16.7. The normalized spacial score (nSPS) is 19.0. The second-order valence-electron chi connectivity index (χ2n) is 6.53. The van der Waals surface area contributed by atoms with Crippen LogP contribution in [0.5, 0.6) is 0 Å². The average Bonchev–Trinajstić information content (AvgIpc) is 3.34. The smallest absolute Gasteiger partial charge is 0.287 e. The van der Waals surface area contributed by atoms with Crippen LogP contribution >= 0.6 is 11.6 Å². The van der Waals surface area contributed by atoms with E-state index in [0.717, 1.165) is 49.9 Å². The number of halogens is 1. The minimum absolute atomic E-state index is 0.242. The van der Waals surface area contributed by atoms with Gasteiger partial charge in [0.25, 0.3) is 5.56 Å². The molecule has 0 amide bonds. The first-order valence-electron chi connectivity index (χ1n) is 8.26. The van der Waals surface area contributed by atoms with Crippen LogP contribution in [-0.2, 0) is 13.6 Å². The maximum atomic E-state index is 11.9. The van der Waals surface area contributed by atoms with E-state index in [0.29, 0.717) is 5.92 Å². The number of piperazine rings is 1. The topological polar surface area (TPSA) is 67.4 Å². The van der Waals surface area contributed by atoms with Crippen LogP contribution in [-0.4, -0.2) is 46.0 Å². The molecule has 0 radical (unpaired) electrons. The Kier molecular flexibility index (Phi) is 4.05. The summed E-state index contributed by atoms with van der Waals surface area (Å²) in [4.78, 5) is 16.4. The summed E-state index contributed by atoms with van der Waals surface area (Å²) in [5.74, 6) is 1.63. The molecule has 2 aliphatic rings. The van der Waals surface area contributed by atoms with Crippen molar-refractivity contribution in [3.8, 4) is 0 Å². The third-order valence-electron chi connectivity index (χ3n) is 4.72. The monoisotopic (exact) mass is 349 g/mol. The van der Waals surface area contributed by atoms with Gasteiger partial charge >= 0.3 is 0 Å². The lowest BCUT2D eigenvalue weighted by Crippen LogP contribution is -2.46. The minimum Gasteiger partial charge on any atom is -0.366 e. The maximum Gasteiger partial charge on any atom is 0.287 e. The van der Waals surface area contributed by atoms with E-state index in [4.69, 9.17) is 16.1 Å². The van der Waals surface area contributed by atoms with Crippen molar-refractivity contribution in [3.05, 3.63) is 39.1 Å². The van der Waals surface area contributed by atoms with Crippen LogP contribution in [0.2, 0.25) is 5.02 Å². The van der Waals surface area contributed by atoms with Gasteiger partial charge in [-0.15, -0.1) is 0 Å². The molecule has 0 aromatic carbocycles. The van der Waals surface area contributed by atoms with Gasteiger partial charge in [-0.05, 0) is 12.8 Å². The van der Waals surface area contributed by atoms with E-state index in [1.165, 1.54) is 17.5 Å². The number of aryl methyl sites for hydroxylation is 1. The Morgan fingerprint density at radius 1 is 1.29 bits per heavy atom. The molecule has 1 aliphatic heterocycles. The van der Waals surface area contributed by atoms with E-state index in [2.05, 4.69) is 26.1 Å². The van der Waals surface area contributed by atoms with E-state index >= 15 is 0 Å². The molecule has 0 atom stereocenters.